The minimum atomic E-state index is -0.468. The molecule has 24 heavy (non-hydrogen) atoms. The number of nitrogens with one attached hydrogen (secondary N) is 1. The summed E-state index contributed by atoms with van der Waals surface area (Å²) in [7, 11) is 1.73. The highest BCUT2D eigenvalue weighted by molar-refractivity contribution is 8.00. The number of rotatable bonds is 5. The number of benzene rings is 1. The number of hydrogen-bond donors (Lipinski definition) is 1. The van der Waals surface area contributed by atoms with Crippen molar-refractivity contribution in [2.75, 3.05) is 5.32 Å². The highest BCUT2D eigenvalue weighted by atomic mass is 32.2. The van der Waals surface area contributed by atoms with Gasteiger partial charge >= 0.3 is 0 Å². The molecular formula is C16H21N5O2S. The predicted octanol–water partition coefficient (Wildman–Crippen LogP) is 2.56. The van der Waals surface area contributed by atoms with Gasteiger partial charge in [0.05, 0.1) is 5.25 Å². The van der Waals surface area contributed by atoms with Crippen molar-refractivity contribution in [1.29, 1.82) is 0 Å². The smallest absolute Gasteiger partial charge is 0.229 e. The summed E-state index contributed by atoms with van der Waals surface area (Å²) in [6.45, 7) is 7.36. The van der Waals surface area contributed by atoms with E-state index in [0.717, 1.165) is 0 Å². The number of nitrogens with zero attached hydrogens (tertiary/aromatic N) is 4. The largest absolute Gasteiger partial charge is 0.326 e. The van der Waals surface area contributed by atoms with E-state index in [1.165, 1.54) is 16.4 Å². The van der Waals surface area contributed by atoms with Crippen LogP contribution in [-0.2, 0) is 11.8 Å². The molecule has 0 saturated heterocycles. The number of carbonyl (C=O) groups excluding carboxylic acids is 2. The van der Waals surface area contributed by atoms with Crippen LogP contribution >= 0.6 is 11.8 Å². The molecule has 0 fully saturated rings. The van der Waals surface area contributed by atoms with E-state index < -0.39 is 5.41 Å². The van der Waals surface area contributed by atoms with Crippen LogP contribution in [0.4, 0.5) is 5.69 Å². The maximum absolute atomic E-state index is 12.5. The summed E-state index contributed by atoms with van der Waals surface area (Å²) in [6, 6.07) is 6.90. The van der Waals surface area contributed by atoms with E-state index in [1.54, 1.807) is 31.3 Å². The normalized spacial score (nSPS) is 12.7. The zero-order valence-corrected chi connectivity index (χ0v) is 15.2. The molecule has 0 bridgehead atoms. The number of ketones is 1. The van der Waals surface area contributed by atoms with E-state index in [9.17, 15) is 9.59 Å². The Morgan fingerprint density at radius 2 is 1.83 bits per heavy atom. The Labute approximate surface area is 145 Å². The van der Waals surface area contributed by atoms with Crippen LogP contribution in [0.2, 0.25) is 0 Å². The van der Waals surface area contributed by atoms with E-state index in [0.29, 0.717) is 16.4 Å². The molecule has 2 aromatic rings. The third-order valence-corrected chi connectivity index (χ3v) is 4.47. The van der Waals surface area contributed by atoms with Crippen molar-refractivity contribution >= 4 is 29.1 Å². The summed E-state index contributed by atoms with van der Waals surface area (Å²) in [4.78, 5) is 24.5. The minimum Gasteiger partial charge on any atom is -0.326 e. The first-order chi connectivity index (χ1) is 11.2. The molecule has 0 aliphatic rings. The molecule has 8 heteroatoms. The van der Waals surface area contributed by atoms with E-state index in [2.05, 4.69) is 20.8 Å². The minimum absolute atomic E-state index is 0.0169. The number of amides is 1. The lowest BCUT2D eigenvalue weighted by Gasteiger charge is -2.17. The highest BCUT2D eigenvalue weighted by Crippen LogP contribution is 2.24. The van der Waals surface area contributed by atoms with Gasteiger partial charge in [-0.1, -0.05) is 32.5 Å². The van der Waals surface area contributed by atoms with Gasteiger partial charge in [-0.25, -0.2) is 4.68 Å². The monoisotopic (exact) mass is 347 g/mol. The van der Waals surface area contributed by atoms with Crippen LogP contribution < -0.4 is 5.32 Å². The Morgan fingerprint density at radius 3 is 2.33 bits per heavy atom. The molecule has 0 aliphatic heterocycles. The van der Waals surface area contributed by atoms with Crippen LogP contribution in [0.5, 0.6) is 0 Å². The van der Waals surface area contributed by atoms with Gasteiger partial charge in [-0.3, -0.25) is 9.59 Å². The number of carbonyl (C=O) groups is 2. The molecule has 0 aliphatic carbocycles. The number of Topliss-reactive ketones (excluding diaryl/α,β-unsaturated/α-hetero) is 1. The van der Waals surface area contributed by atoms with Crippen molar-refractivity contribution in [3.05, 3.63) is 29.8 Å². The molecule has 1 aromatic heterocycles. The van der Waals surface area contributed by atoms with Gasteiger partial charge in [-0.2, -0.15) is 0 Å². The lowest BCUT2D eigenvalue weighted by Crippen LogP contribution is -2.27. The molecule has 2 rings (SSSR count). The third kappa shape index (κ3) is 4.41. The van der Waals surface area contributed by atoms with Crippen LogP contribution in [0.25, 0.3) is 0 Å². The van der Waals surface area contributed by atoms with Crippen LogP contribution in [0.3, 0.4) is 0 Å². The predicted molar refractivity (Wildman–Crippen MR) is 93.0 cm³/mol. The zero-order valence-electron chi connectivity index (χ0n) is 14.4. The number of aryl methyl sites for hydroxylation is 1. The summed E-state index contributed by atoms with van der Waals surface area (Å²) < 4.78 is 1.53. The van der Waals surface area contributed by atoms with Crippen molar-refractivity contribution in [3.8, 4) is 0 Å². The quantitative estimate of drug-likeness (QED) is 0.660. The molecule has 0 saturated carbocycles. The molecule has 1 heterocycles. The maximum atomic E-state index is 12.5. The number of thioether (sulfide) groups is 1. The maximum Gasteiger partial charge on any atom is 0.229 e. The number of hydrogen-bond acceptors (Lipinski definition) is 6. The van der Waals surface area contributed by atoms with Gasteiger partial charge in [0.2, 0.25) is 11.1 Å². The van der Waals surface area contributed by atoms with Crippen LogP contribution in [0, 0.1) is 5.41 Å². The standard InChI is InChI=1S/C16H21N5O2S/c1-10(24-15-18-19-20-21(15)5)13(22)11-6-8-12(9-7-11)17-14(23)16(2,3)4/h6-10H,1-5H3,(H,17,23). The summed E-state index contributed by atoms with van der Waals surface area (Å²) >= 11 is 1.31. The van der Waals surface area contributed by atoms with E-state index in [-0.39, 0.29) is 16.9 Å². The molecule has 1 amide bonds. The SMILES string of the molecule is CC(Sc1nnnn1C)C(=O)c1ccc(NC(=O)C(C)(C)C)cc1. The number of aromatic nitrogens is 4. The Morgan fingerprint density at radius 1 is 1.21 bits per heavy atom. The first-order valence-corrected chi connectivity index (χ1v) is 8.41. The van der Waals surface area contributed by atoms with Gasteiger partial charge in [0.25, 0.3) is 0 Å². The van der Waals surface area contributed by atoms with Gasteiger partial charge in [0.1, 0.15) is 0 Å². The topological polar surface area (TPSA) is 89.8 Å². The summed E-state index contributed by atoms with van der Waals surface area (Å²) in [5.41, 5.74) is 0.784. The average Bonchev–Trinajstić information content (AvgIpc) is 2.91. The number of tetrazole rings is 1. The van der Waals surface area contributed by atoms with Gasteiger partial charge in [-0.05, 0) is 41.6 Å². The van der Waals surface area contributed by atoms with Crippen LogP contribution in [-0.4, -0.2) is 37.1 Å². The Balaban J connectivity index is 2.03. The second-order valence-corrected chi connectivity index (χ2v) is 7.80. The number of anilines is 1. The van der Waals surface area contributed by atoms with E-state index >= 15 is 0 Å². The second-order valence-electron chi connectivity index (χ2n) is 6.49. The summed E-state index contributed by atoms with van der Waals surface area (Å²) in [6.07, 6.45) is 0. The molecule has 7 nitrogen and oxygen atoms in total. The fourth-order valence-electron chi connectivity index (χ4n) is 1.80. The first kappa shape index (κ1) is 18.1. The molecule has 1 atom stereocenters. The van der Waals surface area contributed by atoms with E-state index in [1.807, 2.05) is 27.7 Å². The molecule has 1 aromatic carbocycles. The lowest BCUT2D eigenvalue weighted by atomic mass is 9.95. The zero-order chi connectivity index (χ0) is 17.9. The van der Waals surface area contributed by atoms with Crippen molar-refractivity contribution in [2.45, 2.75) is 38.1 Å². The Hall–Kier alpha value is -2.22. The van der Waals surface area contributed by atoms with Gasteiger partial charge in [-0.15, -0.1) is 5.10 Å². The third-order valence-electron chi connectivity index (χ3n) is 3.34. The van der Waals surface area contributed by atoms with Gasteiger partial charge in [0.15, 0.2) is 5.78 Å². The van der Waals surface area contributed by atoms with Crippen molar-refractivity contribution in [2.24, 2.45) is 12.5 Å². The molecule has 0 spiro atoms. The summed E-state index contributed by atoms with van der Waals surface area (Å²) in [5.74, 6) is -0.0861. The molecule has 0 radical (unpaired) electrons. The van der Waals surface area contributed by atoms with Crippen LogP contribution in [0.15, 0.2) is 29.4 Å². The molecule has 1 N–H and O–H groups in total. The van der Waals surface area contributed by atoms with Crippen molar-refractivity contribution in [3.63, 3.8) is 0 Å². The van der Waals surface area contributed by atoms with Crippen molar-refractivity contribution < 1.29 is 9.59 Å². The average molecular weight is 347 g/mol. The summed E-state index contributed by atoms with van der Waals surface area (Å²) in [5, 5.41) is 14.3. The van der Waals surface area contributed by atoms with E-state index in [4.69, 9.17) is 0 Å². The Bertz CT molecular complexity index is 734. The lowest BCUT2D eigenvalue weighted by molar-refractivity contribution is -0.123. The molecule has 1 unspecified atom stereocenters. The highest BCUT2D eigenvalue weighted by Gasteiger charge is 2.22. The fourth-order valence-corrected chi connectivity index (χ4v) is 2.64. The molecule has 128 valence electrons. The Kier molecular flexibility index (Phi) is 5.38. The molecular weight excluding hydrogens is 326 g/mol. The van der Waals surface area contributed by atoms with Gasteiger partial charge in [0, 0.05) is 23.7 Å². The second kappa shape index (κ2) is 7.12. The van der Waals surface area contributed by atoms with Crippen molar-refractivity contribution in [1.82, 2.24) is 20.2 Å². The fraction of sp³-hybridized carbons (Fsp3) is 0.438. The van der Waals surface area contributed by atoms with Crippen LogP contribution in [0.1, 0.15) is 38.1 Å². The first-order valence-electron chi connectivity index (χ1n) is 7.53. The van der Waals surface area contributed by atoms with Gasteiger partial charge < -0.3 is 5.32 Å².